The van der Waals surface area contributed by atoms with Gasteiger partial charge in [0.1, 0.15) is 5.75 Å². The van der Waals surface area contributed by atoms with Crippen molar-refractivity contribution in [2.45, 2.75) is 44.6 Å². The SMILES string of the molecule is COc1ccc(S(=O)(=O)N2CCC(C)CC2)cc1C(=O)N[C@H](C)c1ccc(C)cc1. The van der Waals surface area contributed by atoms with Gasteiger partial charge in [-0.25, -0.2) is 8.42 Å². The maximum Gasteiger partial charge on any atom is 0.255 e. The molecule has 3 rings (SSSR count). The van der Waals surface area contributed by atoms with Gasteiger partial charge in [0.15, 0.2) is 0 Å². The number of sulfonamides is 1. The zero-order valence-corrected chi connectivity index (χ0v) is 18.8. The Labute approximate surface area is 179 Å². The molecule has 0 bridgehead atoms. The summed E-state index contributed by atoms with van der Waals surface area (Å²) >= 11 is 0. The Bertz CT molecular complexity index is 994. The third kappa shape index (κ3) is 4.84. The van der Waals surface area contributed by atoms with Crippen molar-refractivity contribution >= 4 is 15.9 Å². The van der Waals surface area contributed by atoms with Crippen LogP contribution in [0.25, 0.3) is 0 Å². The molecule has 2 aromatic rings. The molecular formula is C23H30N2O4S. The Morgan fingerprint density at radius 1 is 1.13 bits per heavy atom. The van der Waals surface area contributed by atoms with Crippen LogP contribution < -0.4 is 10.1 Å². The lowest BCUT2D eigenvalue weighted by Crippen LogP contribution is -2.38. The number of nitrogens with zero attached hydrogens (tertiary/aromatic N) is 1. The van der Waals surface area contributed by atoms with E-state index in [0.29, 0.717) is 24.8 Å². The molecule has 0 radical (unpaired) electrons. The van der Waals surface area contributed by atoms with Crippen LogP contribution in [0.15, 0.2) is 47.4 Å². The highest BCUT2D eigenvalue weighted by molar-refractivity contribution is 7.89. The van der Waals surface area contributed by atoms with Gasteiger partial charge in [-0.15, -0.1) is 0 Å². The molecule has 1 N–H and O–H groups in total. The van der Waals surface area contributed by atoms with Crippen LogP contribution in [-0.2, 0) is 10.0 Å². The van der Waals surface area contributed by atoms with E-state index < -0.39 is 10.0 Å². The molecule has 1 aliphatic rings. The number of rotatable bonds is 6. The Morgan fingerprint density at radius 3 is 2.37 bits per heavy atom. The van der Waals surface area contributed by atoms with Crippen LogP contribution in [0.3, 0.4) is 0 Å². The number of carbonyl (C=O) groups is 1. The lowest BCUT2D eigenvalue weighted by molar-refractivity contribution is 0.0936. The van der Waals surface area contributed by atoms with Crippen LogP contribution in [0.2, 0.25) is 0 Å². The first-order valence-corrected chi connectivity index (χ1v) is 11.7. The summed E-state index contributed by atoms with van der Waals surface area (Å²) in [5.74, 6) is 0.496. The summed E-state index contributed by atoms with van der Waals surface area (Å²) in [5, 5.41) is 2.94. The lowest BCUT2D eigenvalue weighted by atomic mass is 10.0. The van der Waals surface area contributed by atoms with Gasteiger partial charge in [-0.3, -0.25) is 4.79 Å². The van der Waals surface area contributed by atoms with Crippen LogP contribution in [0.4, 0.5) is 0 Å². The highest BCUT2D eigenvalue weighted by Crippen LogP contribution is 2.28. The molecule has 162 valence electrons. The third-order valence-corrected chi connectivity index (χ3v) is 7.62. The van der Waals surface area contributed by atoms with E-state index in [4.69, 9.17) is 4.74 Å². The van der Waals surface area contributed by atoms with E-state index in [1.54, 1.807) is 6.07 Å². The number of benzene rings is 2. The third-order valence-electron chi connectivity index (χ3n) is 5.72. The smallest absolute Gasteiger partial charge is 0.255 e. The van der Waals surface area contributed by atoms with E-state index in [2.05, 4.69) is 12.2 Å². The number of piperidine rings is 1. The number of nitrogens with one attached hydrogen (secondary N) is 1. The Balaban J connectivity index is 1.85. The van der Waals surface area contributed by atoms with E-state index in [0.717, 1.165) is 24.0 Å². The maximum atomic E-state index is 13.1. The molecule has 30 heavy (non-hydrogen) atoms. The summed E-state index contributed by atoms with van der Waals surface area (Å²) in [5.41, 5.74) is 2.33. The lowest BCUT2D eigenvalue weighted by Gasteiger charge is -2.29. The van der Waals surface area contributed by atoms with Crippen LogP contribution in [0, 0.1) is 12.8 Å². The average molecular weight is 431 g/mol. The van der Waals surface area contributed by atoms with Crippen molar-refractivity contribution in [3.63, 3.8) is 0 Å². The molecule has 1 fully saturated rings. The number of methoxy groups -OCH3 is 1. The monoisotopic (exact) mass is 430 g/mol. The zero-order chi connectivity index (χ0) is 21.9. The van der Waals surface area contributed by atoms with Gasteiger partial charge in [-0.1, -0.05) is 36.8 Å². The molecule has 1 heterocycles. The standard InChI is InChI=1S/C23H30N2O4S/c1-16-5-7-19(8-6-16)18(3)24-23(26)21-15-20(9-10-22(21)29-4)30(27,28)25-13-11-17(2)12-14-25/h5-10,15,17-18H,11-14H2,1-4H3,(H,24,26)/t18-/m1/s1. The Morgan fingerprint density at radius 2 is 1.77 bits per heavy atom. The second-order valence-corrected chi connectivity index (χ2v) is 9.99. The molecular weight excluding hydrogens is 400 g/mol. The van der Waals surface area contributed by atoms with Crippen molar-refractivity contribution in [3.8, 4) is 5.75 Å². The first-order chi connectivity index (χ1) is 14.2. The summed E-state index contributed by atoms with van der Waals surface area (Å²) in [7, 11) is -2.19. The van der Waals surface area contributed by atoms with Crippen LogP contribution >= 0.6 is 0 Å². The largest absolute Gasteiger partial charge is 0.496 e. The number of carbonyl (C=O) groups excluding carboxylic acids is 1. The van der Waals surface area contributed by atoms with Crippen molar-refractivity contribution in [1.82, 2.24) is 9.62 Å². The topological polar surface area (TPSA) is 75.7 Å². The highest BCUT2D eigenvalue weighted by Gasteiger charge is 2.29. The molecule has 0 aromatic heterocycles. The zero-order valence-electron chi connectivity index (χ0n) is 18.0. The van der Waals surface area contributed by atoms with Gasteiger partial charge in [0.05, 0.1) is 23.6 Å². The molecule has 1 aliphatic heterocycles. The van der Waals surface area contributed by atoms with E-state index in [1.165, 1.54) is 23.5 Å². The van der Waals surface area contributed by atoms with Crippen LogP contribution in [-0.4, -0.2) is 38.8 Å². The number of amides is 1. The first-order valence-electron chi connectivity index (χ1n) is 10.3. The van der Waals surface area contributed by atoms with Gasteiger partial charge in [0.25, 0.3) is 5.91 Å². The molecule has 1 amide bonds. The fourth-order valence-corrected chi connectivity index (χ4v) is 5.11. The average Bonchev–Trinajstić information content (AvgIpc) is 2.74. The quantitative estimate of drug-likeness (QED) is 0.754. The fourth-order valence-electron chi connectivity index (χ4n) is 3.61. The summed E-state index contributed by atoms with van der Waals surface area (Å²) < 4.78 is 33.0. The molecule has 0 unspecified atom stereocenters. The second kappa shape index (κ2) is 9.18. The minimum Gasteiger partial charge on any atom is -0.496 e. The predicted molar refractivity (Wildman–Crippen MR) is 117 cm³/mol. The molecule has 1 saturated heterocycles. The van der Waals surface area contributed by atoms with Crippen molar-refractivity contribution in [2.75, 3.05) is 20.2 Å². The maximum absolute atomic E-state index is 13.1. The number of aryl methyl sites for hydroxylation is 1. The summed E-state index contributed by atoms with van der Waals surface area (Å²) in [6.45, 7) is 7.04. The van der Waals surface area contributed by atoms with Crippen LogP contribution in [0.5, 0.6) is 5.75 Å². The second-order valence-electron chi connectivity index (χ2n) is 8.05. The minimum atomic E-state index is -3.65. The summed E-state index contributed by atoms with van der Waals surface area (Å²) in [4.78, 5) is 13.1. The van der Waals surface area contributed by atoms with Gasteiger partial charge in [-0.05, 0) is 56.4 Å². The van der Waals surface area contributed by atoms with Crippen molar-refractivity contribution in [1.29, 1.82) is 0 Å². The van der Waals surface area contributed by atoms with E-state index in [1.807, 2.05) is 38.1 Å². The normalized spacial score (nSPS) is 16.8. The number of hydrogen-bond acceptors (Lipinski definition) is 4. The van der Waals surface area contributed by atoms with Crippen molar-refractivity contribution in [3.05, 3.63) is 59.2 Å². The van der Waals surface area contributed by atoms with Gasteiger partial charge in [-0.2, -0.15) is 4.31 Å². The molecule has 0 saturated carbocycles. The molecule has 6 nitrogen and oxygen atoms in total. The Kier molecular flexibility index (Phi) is 6.83. The van der Waals surface area contributed by atoms with Gasteiger partial charge < -0.3 is 10.1 Å². The molecule has 1 atom stereocenters. The highest BCUT2D eigenvalue weighted by atomic mass is 32.2. The number of ether oxygens (including phenoxy) is 1. The van der Waals surface area contributed by atoms with Gasteiger partial charge in [0.2, 0.25) is 10.0 Å². The molecule has 0 spiro atoms. The molecule has 7 heteroatoms. The number of hydrogen-bond donors (Lipinski definition) is 1. The minimum absolute atomic E-state index is 0.117. The molecule has 2 aromatic carbocycles. The van der Waals surface area contributed by atoms with Gasteiger partial charge in [0, 0.05) is 13.1 Å². The molecule has 0 aliphatic carbocycles. The first kappa shape index (κ1) is 22.3. The van der Waals surface area contributed by atoms with Gasteiger partial charge >= 0.3 is 0 Å². The van der Waals surface area contributed by atoms with Crippen molar-refractivity contribution in [2.24, 2.45) is 5.92 Å². The predicted octanol–water partition coefficient (Wildman–Crippen LogP) is 3.92. The summed E-state index contributed by atoms with van der Waals surface area (Å²) in [6.07, 6.45) is 1.69. The van der Waals surface area contributed by atoms with Crippen LogP contribution in [0.1, 0.15) is 54.2 Å². The van der Waals surface area contributed by atoms with E-state index >= 15 is 0 Å². The Hall–Kier alpha value is -2.38. The van der Waals surface area contributed by atoms with Crippen molar-refractivity contribution < 1.29 is 17.9 Å². The van der Waals surface area contributed by atoms with E-state index in [9.17, 15) is 13.2 Å². The fraction of sp³-hybridized carbons (Fsp3) is 0.435. The summed E-state index contributed by atoms with van der Waals surface area (Å²) in [6, 6.07) is 12.2. The van der Waals surface area contributed by atoms with E-state index in [-0.39, 0.29) is 22.4 Å².